The van der Waals surface area contributed by atoms with Crippen molar-refractivity contribution in [1.29, 1.82) is 0 Å². The van der Waals surface area contributed by atoms with Gasteiger partial charge in [-0.05, 0) is 25.0 Å². The molecule has 0 bridgehead atoms. The lowest BCUT2D eigenvalue weighted by atomic mass is 9.95. The van der Waals surface area contributed by atoms with Crippen LogP contribution in [0.15, 0.2) is 24.3 Å². The van der Waals surface area contributed by atoms with Crippen molar-refractivity contribution < 1.29 is 9.72 Å². The Kier molecular flexibility index (Phi) is 5.06. The smallest absolute Gasteiger partial charge is 0.269 e. The van der Waals surface area contributed by atoms with Crippen LogP contribution in [0.3, 0.4) is 0 Å². The zero-order chi connectivity index (χ0) is 14.4. The monoisotopic (exact) mass is 277 g/mol. The van der Waals surface area contributed by atoms with Crippen molar-refractivity contribution >= 4 is 17.3 Å². The fourth-order valence-corrected chi connectivity index (χ4v) is 2.42. The predicted octanol–water partition coefficient (Wildman–Crippen LogP) is 2.46. The average Bonchev–Trinajstić information content (AvgIpc) is 2.47. The maximum Gasteiger partial charge on any atom is 0.269 e. The summed E-state index contributed by atoms with van der Waals surface area (Å²) in [6.07, 6.45) is 5.99. The molecule has 20 heavy (non-hydrogen) atoms. The molecule has 1 saturated carbocycles. The van der Waals surface area contributed by atoms with Crippen LogP contribution in [0, 0.1) is 10.1 Å². The number of carbonyl (C=O) groups excluding carboxylic acids is 1. The van der Waals surface area contributed by atoms with E-state index in [2.05, 4.69) is 10.6 Å². The number of rotatable bonds is 5. The third kappa shape index (κ3) is 4.31. The van der Waals surface area contributed by atoms with Crippen molar-refractivity contribution in [3.8, 4) is 0 Å². The van der Waals surface area contributed by atoms with Gasteiger partial charge in [0.2, 0.25) is 5.91 Å². The molecule has 0 unspecified atom stereocenters. The molecular weight excluding hydrogens is 258 g/mol. The van der Waals surface area contributed by atoms with Gasteiger partial charge in [0.1, 0.15) is 0 Å². The molecule has 2 rings (SSSR count). The van der Waals surface area contributed by atoms with Crippen LogP contribution in [0.25, 0.3) is 0 Å². The van der Waals surface area contributed by atoms with E-state index >= 15 is 0 Å². The molecule has 1 amide bonds. The Balaban J connectivity index is 1.77. The van der Waals surface area contributed by atoms with Crippen molar-refractivity contribution in [2.75, 3.05) is 11.9 Å². The first-order valence-corrected chi connectivity index (χ1v) is 6.93. The van der Waals surface area contributed by atoms with Crippen molar-refractivity contribution in [3.63, 3.8) is 0 Å². The largest absolute Gasteiger partial charge is 0.325 e. The maximum atomic E-state index is 11.8. The van der Waals surface area contributed by atoms with Crippen LogP contribution in [-0.4, -0.2) is 23.4 Å². The van der Waals surface area contributed by atoms with Crippen LogP contribution < -0.4 is 10.6 Å². The molecule has 1 aliphatic carbocycles. The van der Waals surface area contributed by atoms with Gasteiger partial charge in [0.25, 0.3) is 5.69 Å². The number of hydrogen-bond acceptors (Lipinski definition) is 4. The summed E-state index contributed by atoms with van der Waals surface area (Å²) >= 11 is 0. The van der Waals surface area contributed by atoms with Gasteiger partial charge in [-0.15, -0.1) is 0 Å². The average molecular weight is 277 g/mol. The normalized spacial score (nSPS) is 15.8. The Hall–Kier alpha value is -1.95. The van der Waals surface area contributed by atoms with Crippen molar-refractivity contribution in [2.24, 2.45) is 0 Å². The first-order valence-electron chi connectivity index (χ1n) is 6.93. The summed E-state index contributed by atoms with van der Waals surface area (Å²) in [5.74, 6) is -0.121. The second-order valence-corrected chi connectivity index (χ2v) is 5.07. The highest BCUT2D eigenvalue weighted by atomic mass is 16.6. The number of nitro benzene ring substituents is 1. The van der Waals surface area contributed by atoms with Gasteiger partial charge in [0.05, 0.1) is 11.5 Å². The highest BCUT2D eigenvalue weighted by Gasteiger charge is 2.14. The summed E-state index contributed by atoms with van der Waals surface area (Å²) in [7, 11) is 0. The van der Waals surface area contributed by atoms with Gasteiger partial charge >= 0.3 is 0 Å². The van der Waals surface area contributed by atoms with Gasteiger partial charge in [0, 0.05) is 23.9 Å². The minimum absolute atomic E-state index is 0.0170. The first-order chi connectivity index (χ1) is 9.65. The lowest BCUT2D eigenvalue weighted by Crippen LogP contribution is -2.37. The number of benzene rings is 1. The third-order valence-corrected chi connectivity index (χ3v) is 3.52. The number of non-ortho nitro benzene ring substituents is 1. The molecule has 0 atom stereocenters. The molecule has 6 nitrogen and oxygen atoms in total. The minimum Gasteiger partial charge on any atom is -0.325 e. The van der Waals surface area contributed by atoms with Crippen molar-refractivity contribution in [2.45, 2.75) is 38.1 Å². The van der Waals surface area contributed by atoms with E-state index in [-0.39, 0.29) is 18.1 Å². The van der Waals surface area contributed by atoms with Gasteiger partial charge < -0.3 is 10.6 Å². The Morgan fingerprint density at radius 1 is 1.20 bits per heavy atom. The van der Waals surface area contributed by atoms with E-state index in [1.165, 1.54) is 43.5 Å². The number of carbonyl (C=O) groups is 1. The van der Waals surface area contributed by atoms with Crippen LogP contribution >= 0.6 is 0 Å². The Morgan fingerprint density at radius 2 is 1.85 bits per heavy atom. The van der Waals surface area contributed by atoms with E-state index in [0.29, 0.717) is 11.7 Å². The molecule has 0 spiro atoms. The summed E-state index contributed by atoms with van der Waals surface area (Å²) in [5.41, 5.74) is 0.592. The topological polar surface area (TPSA) is 84.3 Å². The number of nitrogens with zero attached hydrogens (tertiary/aromatic N) is 1. The molecule has 1 fully saturated rings. The van der Waals surface area contributed by atoms with E-state index in [0.717, 1.165) is 12.8 Å². The first kappa shape index (κ1) is 14.5. The zero-order valence-electron chi connectivity index (χ0n) is 11.3. The molecule has 0 aliphatic heterocycles. The quantitative estimate of drug-likeness (QED) is 0.639. The number of anilines is 1. The summed E-state index contributed by atoms with van der Waals surface area (Å²) < 4.78 is 0. The van der Waals surface area contributed by atoms with Gasteiger partial charge in [-0.1, -0.05) is 19.3 Å². The number of hydrogen-bond donors (Lipinski definition) is 2. The third-order valence-electron chi connectivity index (χ3n) is 3.52. The number of nitro groups is 1. The number of nitrogens with one attached hydrogen (secondary N) is 2. The van der Waals surface area contributed by atoms with E-state index in [1.54, 1.807) is 0 Å². The lowest BCUT2D eigenvalue weighted by molar-refractivity contribution is -0.384. The van der Waals surface area contributed by atoms with Gasteiger partial charge in [-0.2, -0.15) is 0 Å². The van der Waals surface area contributed by atoms with Gasteiger partial charge in [-0.3, -0.25) is 14.9 Å². The summed E-state index contributed by atoms with van der Waals surface area (Å²) in [4.78, 5) is 21.8. The van der Waals surface area contributed by atoms with E-state index in [4.69, 9.17) is 0 Å². The second kappa shape index (κ2) is 7.00. The number of amides is 1. The minimum atomic E-state index is -0.462. The van der Waals surface area contributed by atoms with Crippen molar-refractivity contribution in [1.82, 2.24) is 5.32 Å². The predicted molar refractivity (Wildman–Crippen MR) is 76.6 cm³/mol. The second-order valence-electron chi connectivity index (χ2n) is 5.07. The molecule has 1 aromatic carbocycles. The standard InChI is InChI=1S/C14H19N3O3/c18-14(10-15-11-4-2-1-3-5-11)16-12-6-8-13(9-7-12)17(19)20/h6-9,11,15H,1-5,10H2,(H,16,18). The molecule has 2 N–H and O–H groups in total. The van der Waals surface area contributed by atoms with Crippen LogP contribution in [0.5, 0.6) is 0 Å². The fraction of sp³-hybridized carbons (Fsp3) is 0.500. The lowest BCUT2D eigenvalue weighted by Gasteiger charge is -2.22. The molecule has 108 valence electrons. The van der Waals surface area contributed by atoms with E-state index in [1.807, 2.05) is 0 Å². The van der Waals surface area contributed by atoms with Crippen LogP contribution in [-0.2, 0) is 4.79 Å². The fourth-order valence-electron chi connectivity index (χ4n) is 2.42. The van der Waals surface area contributed by atoms with Crippen LogP contribution in [0.1, 0.15) is 32.1 Å². The Bertz CT molecular complexity index is 467. The summed E-state index contributed by atoms with van der Waals surface area (Å²) in [6, 6.07) is 6.27. The maximum absolute atomic E-state index is 11.8. The van der Waals surface area contributed by atoms with Crippen molar-refractivity contribution in [3.05, 3.63) is 34.4 Å². The SMILES string of the molecule is O=C(CNC1CCCCC1)Nc1ccc([N+](=O)[O-])cc1. The Labute approximate surface area is 117 Å². The Morgan fingerprint density at radius 3 is 2.45 bits per heavy atom. The highest BCUT2D eigenvalue weighted by Crippen LogP contribution is 2.17. The molecule has 6 heteroatoms. The molecule has 0 radical (unpaired) electrons. The molecule has 0 aromatic heterocycles. The van der Waals surface area contributed by atoms with Crippen LogP contribution in [0.4, 0.5) is 11.4 Å². The summed E-state index contributed by atoms with van der Waals surface area (Å²) in [5, 5.41) is 16.5. The van der Waals surface area contributed by atoms with E-state index < -0.39 is 4.92 Å². The highest BCUT2D eigenvalue weighted by molar-refractivity contribution is 5.92. The molecular formula is C14H19N3O3. The van der Waals surface area contributed by atoms with E-state index in [9.17, 15) is 14.9 Å². The molecule has 0 saturated heterocycles. The van der Waals surface area contributed by atoms with Crippen LogP contribution in [0.2, 0.25) is 0 Å². The zero-order valence-corrected chi connectivity index (χ0v) is 11.3. The van der Waals surface area contributed by atoms with Gasteiger partial charge in [0.15, 0.2) is 0 Å². The molecule has 1 aromatic rings. The van der Waals surface area contributed by atoms with Gasteiger partial charge in [-0.25, -0.2) is 0 Å². The molecule has 1 aliphatic rings. The molecule has 0 heterocycles. The summed E-state index contributed by atoms with van der Waals surface area (Å²) in [6.45, 7) is 0.279.